The predicted molar refractivity (Wildman–Crippen MR) is 119 cm³/mol. The first-order valence-corrected chi connectivity index (χ1v) is 13.0. The Hall–Kier alpha value is -2.46. The zero-order chi connectivity index (χ0) is 22.6. The number of nitrogens with zero attached hydrogens (tertiary/aromatic N) is 3. The second kappa shape index (κ2) is 9.99. The van der Waals surface area contributed by atoms with Crippen LogP contribution in [-0.2, 0) is 21.1 Å². The second-order valence-corrected chi connectivity index (χ2v) is 10.7. The summed E-state index contributed by atoms with van der Waals surface area (Å²) in [5, 5.41) is 6.97. The standard InChI is InChI=1S/C22H30N4O5S/c1-30-17-10-8-16(9-11-17)22-24-21(31-25-22)7-5-6-20(27)23-18-14-32(28,29)15-19(18)26-12-3-2-4-13-26/h8-11,18-19H,2-7,12-15H2,1H3,(H,23,27). The van der Waals surface area contributed by atoms with Gasteiger partial charge in [0.25, 0.3) is 0 Å². The number of hydrogen-bond acceptors (Lipinski definition) is 8. The molecule has 0 spiro atoms. The van der Waals surface area contributed by atoms with E-state index >= 15 is 0 Å². The SMILES string of the molecule is COc1ccc(-c2noc(CCCC(=O)NC3CS(=O)(=O)CC3N3CCCCC3)n2)cc1. The molecule has 174 valence electrons. The van der Waals surface area contributed by atoms with Crippen LogP contribution in [0.2, 0.25) is 0 Å². The van der Waals surface area contributed by atoms with E-state index < -0.39 is 9.84 Å². The first kappa shape index (κ1) is 22.7. The fraction of sp³-hybridized carbons (Fsp3) is 0.591. The van der Waals surface area contributed by atoms with Gasteiger partial charge in [0.15, 0.2) is 9.84 Å². The minimum Gasteiger partial charge on any atom is -0.497 e. The van der Waals surface area contributed by atoms with Crippen molar-refractivity contribution in [2.45, 2.75) is 50.6 Å². The van der Waals surface area contributed by atoms with E-state index in [4.69, 9.17) is 9.26 Å². The normalized spacial score (nSPS) is 23.2. The van der Waals surface area contributed by atoms with E-state index in [-0.39, 0.29) is 35.9 Å². The number of nitrogens with one attached hydrogen (secondary N) is 1. The van der Waals surface area contributed by atoms with E-state index in [9.17, 15) is 13.2 Å². The van der Waals surface area contributed by atoms with Crippen molar-refractivity contribution in [1.29, 1.82) is 0 Å². The fourth-order valence-electron chi connectivity index (χ4n) is 4.47. The van der Waals surface area contributed by atoms with Gasteiger partial charge < -0.3 is 14.6 Å². The molecule has 2 aromatic rings. The van der Waals surface area contributed by atoms with Crippen molar-refractivity contribution in [2.24, 2.45) is 0 Å². The average Bonchev–Trinajstić information content (AvgIpc) is 3.38. The van der Waals surface area contributed by atoms with E-state index in [1.54, 1.807) is 7.11 Å². The monoisotopic (exact) mass is 462 g/mol. The summed E-state index contributed by atoms with van der Waals surface area (Å²) in [7, 11) is -1.52. The quantitative estimate of drug-likeness (QED) is 0.632. The van der Waals surface area contributed by atoms with Crippen molar-refractivity contribution in [3.8, 4) is 17.1 Å². The van der Waals surface area contributed by atoms with Gasteiger partial charge in [-0.2, -0.15) is 4.98 Å². The molecule has 1 aromatic carbocycles. The molecule has 0 aliphatic carbocycles. The molecule has 4 rings (SSSR count). The summed E-state index contributed by atoms with van der Waals surface area (Å²) in [4.78, 5) is 19.1. The number of sulfone groups is 1. The highest BCUT2D eigenvalue weighted by atomic mass is 32.2. The van der Waals surface area contributed by atoms with Gasteiger partial charge in [-0.1, -0.05) is 11.6 Å². The molecule has 1 N–H and O–H groups in total. The van der Waals surface area contributed by atoms with E-state index in [0.717, 1.165) is 37.2 Å². The van der Waals surface area contributed by atoms with Gasteiger partial charge in [-0.25, -0.2) is 8.42 Å². The van der Waals surface area contributed by atoms with E-state index in [1.165, 1.54) is 6.42 Å². The Morgan fingerprint density at radius 1 is 1.19 bits per heavy atom. The van der Waals surface area contributed by atoms with E-state index in [1.807, 2.05) is 24.3 Å². The van der Waals surface area contributed by atoms with Gasteiger partial charge in [0, 0.05) is 24.4 Å². The maximum atomic E-state index is 12.5. The maximum Gasteiger partial charge on any atom is 0.226 e. The van der Waals surface area contributed by atoms with Gasteiger partial charge >= 0.3 is 0 Å². The Labute approximate surface area is 188 Å². The Kier molecular flexibility index (Phi) is 7.10. The van der Waals surface area contributed by atoms with Crippen LogP contribution in [0.4, 0.5) is 0 Å². The summed E-state index contributed by atoms with van der Waals surface area (Å²) >= 11 is 0. The number of ether oxygens (including phenoxy) is 1. The molecule has 1 amide bonds. The third-order valence-electron chi connectivity index (χ3n) is 6.14. The predicted octanol–water partition coefficient (Wildman–Crippen LogP) is 1.84. The highest BCUT2D eigenvalue weighted by Crippen LogP contribution is 2.23. The van der Waals surface area contributed by atoms with Crippen molar-refractivity contribution in [3.05, 3.63) is 30.2 Å². The fourth-order valence-corrected chi connectivity index (χ4v) is 6.42. The molecule has 1 aromatic heterocycles. The van der Waals surface area contributed by atoms with E-state index in [2.05, 4.69) is 20.4 Å². The first-order valence-electron chi connectivity index (χ1n) is 11.1. The number of methoxy groups -OCH3 is 1. The lowest BCUT2D eigenvalue weighted by Crippen LogP contribution is -2.52. The highest BCUT2D eigenvalue weighted by Gasteiger charge is 2.41. The lowest BCUT2D eigenvalue weighted by molar-refractivity contribution is -0.122. The van der Waals surface area contributed by atoms with Crippen molar-refractivity contribution >= 4 is 15.7 Å². The van der Waals surface area contributed by atoms with Crippen LogP contribution in [0.1, 0.15) is 38.0 Å². The Morgan fingerprint density at radius 3 is 2.66 bits per heavy atom. The minimum absolute atomic E-state index is 0.0226. The van der Waals surface area contributed by atoms with Crippen LogP contribution in [0.15, 0.2) is 28.8 Å². The summed E-state index contributed by atoms with van der Waals surface area (Å²) in [6.07, 6.45) is 4.66. The molecule has 2 fully saturated rings. The number of rotatable bonds is 8. The van der Waals surface area contributed by atoms with Gasteiger partial charge in [0.1, 0.15) is 5.75 Å². The van der Waals surface area contributed by atoms with Gasteiger partial charge in [-0.3, -0.25) is 9.69 Å². The second-order valence-electron chi connectivity index (χ2n) is 8.51. The number of amides is 1. The zero-order valence-electron chi connectivity index (χ0n) is 18.3. The summed E-state index contributed by atoms with van der Waals surface area (Å²) < 4.78 is 34.9. The largest absolute Gasteiger partial charge is 0.497 e. The number of aryl methyl sites for hydroxylation is 1. The van der Waals surface area contributed by atoms with Crippen LogP contribution in [-0.4, -0.2) is 73.2 Å². The molecule has 2 atom stereocenters. The van der Waals surface area contributed by atoms with Crippen LogP contribution in [0, 0.1) is 0 Å². The Bertz CT molecular complexity index is 1020. The zero-order valence-corrected chi connectivity index (χ0v) is 19.1. The number of hydrogen-bond donors (Lipinski definition) is 1. The molecule has 2 unspecified atom stereocenters. The van der Waals surface area contributed by atoms with Crippen LogP contribution < -0.4 is 10.1 Å². The molecule has 2 aliphatic heterocycles. The lowest BCUT2D eigenvalue weighted by atomic mass is 10.0. The maximum absolute atomic E-state index is 12.5. The number of carbonyl (C=O) groups is 1. The molecule has 0 radical (unpaired) electrons. The number of piperidine rings is 1. The summed E-state index contributed by atoms with van der Waals surface area (Å²) in [5.41, 5.74) is 0.824. The van der Waals surface area contributed by atoms with Crippen molar-refractivity contribution in [3.63, 3.8) is 0 Å². The number of likely N-dealkylation sites (tertiary alicyclic amines) is 1. The van der Waals surface area contributed by atoms with E-state index in [0.29, 0.717) is 24.6 Å². The molecule has 9 nitrogen and oxygen atoms in total. The van der Waals surface area contributed by atoms with Crippen LogP contribution in [0.3, 0.4) is 0 Å². The smallest absolute Gasteiger partial charge is 0.226 e. The third-order valence-corrected chi connectivity index (χ3v) is 7.86. The summed E-state index contributed by atoms with van der Waals surface area (Å²) in [6, 6.07) is 6.92. The summed E-state index contributed by atoms with van der Waals surface area (Å²) in [5.74, 6) is 1.74. The molecule has 2 saturated heterocycles. The molecule has 0 bridgehead atoms. The number of aromatic nitrogens is 2. The third kappa shape index (κ3) is 5.66. The molecule has 0 saturated carbocycles. The van der Waals surface area contributed by atoms with Gasteiger partial charge in [-0.15, -0.1) is 0 Å². The summed E-state index contributed by atoms with van der Waals surface area (Å²) in [6.45, 7) is 1.81. The molecular weight excluding hydrogens is 432 g/mol. The Morgan fingerprint density at radius 2 is 1.94 bits per heavy atom. The van der Waals surface area contributed by atoms with Crippen molar-refractivity contribution in [2.75, 3.05) is 31.7 Å². The number of carbonyl (C=O) groups excluding carboxylic acids is 1. The van der Waals surface area contributed by atoms with Crippen LogP contribution in [0.25, 0.3) is 11.4 Å². The van der Waals surface area contributed by atoms with Crippen molar-refractivity contribution in [1.82, 2.24) is 20.4 Å². The van der Waals surface area contributed by atoms with Gasteiger partial charge in [-0.05, 0) is 56.6 Å². The highest BCUT2D eigenvalue weighted by molar-refractivity contribution is 7.91. The topological polar surface area (TPSA) is 115 Å². The minimum atomic E-state index is -3.13. The average molecular weight is 463 g/mol. The van der Waals surface area contributed by atoms with Crippen LogP contribution >= 0.6 is 0 Å². The molecule has 10 heteroatoms. The van der Waals surface area contributed by atoms with Crippen LogP contribution in [0.5, 0.6) is 5.75 Å². The molecule has 32 heavy (non-hydrogen) atoms. The molecule has 2 aliphatic rings. The lowest BCUT2D eigenvalue weighted by Gasteiger charge is -2.35. The Balaban J connectivity index is 1.27. The van der Waals surface area contributed by atoms with Gasteiger partial charge in [0.2, 0.25) is 17.6 Å². The molecular formula is C22H30N4O5S. The number of benzene rings is 1. The van der Waals surface area contributed by atoms with Gasteiger partial charge in [0.05, 0.1) is 24.7 Å². The van der Waals surface area contributed by atoms with Crippen molar-refractivity contribution < 1.29 is 22.5 Å². The first-order chi connectivity index (χ1) is 15.4. The molecule has 3 heterocycles.